The van der Waals surface area contributed by atoms with Gasteiger partial charge in [-0.2, -0.15) is 0 Å². The second-order valence-corrected chi connectivity index (χ2v) is 6.97. The zero-order valence-electron chi connectivity index (χ0n) is 16.7. The Labute approximate surface area is 180 Å². The van der Waals surface area contributed by atoms with Gasteiger partial charge in [-0.3, -0.25) is 4.79 Å². The molecule has 1 saturated heterocycles. The van der Waals surface area contributed by atoms with Gasteiger partial charge < -0.3 is 24.9 Å². The van der Waals surface area contributed by atoms with Crippen molar-refractivity contribution in [2.24, 2.45) is 4.99 Å². The van der Waals surface area contributed by atoms with E-state index >= 15 is 0 Å². The number of hydrogen-bond acceptors (Lipinski definition) is 4. The molecule has 154 valence electrons. The van der Waals surface area contributed by atoms with Crippen LogP contribution in [0.15, 0.2) is 27.8 Å². The van der Waals surface area contributed by atoms with Gasteiger partial charge in [0.1, 0.15) is 12.3 Å². The molecule has 2 rings (SSSR count). The third kappa shape index (κ3) is 8.96. The monoisotopic (exact) mass is 491 g/mol. The number of likely N-dealkylation sites (tertiary alicyclic amines) is 1. The van der Waals surface area contributed by atoms with Gasteiger partial charge in [0.2, 0.25) is 5.91 Å². The third-order valence-corrected chi connectivity index (χ3v) is 4.58. The molecule has 27 heavy (non-hydrogen) atoms. The first-order valence-corrected chi connectivity index (χ1v) is 9.58. The van der Waals surface area contributed by atoms with E-state index in [1.165, 1.54) is 13.0 Å². The molecule has 1 aromatic heterocycles. The number of furan rings is 1. The molecule has 1 aromatic rings. The zero-order valence-corrected chi connectivity index (χ0v) is 19.1. The molecule has 1 fully saturated rings. The van der Waals surface area contributed by atoms with Gasteiger partial charge in [-0.25, -0.2) is 4.99 Å². The molecule has 0 bridgehead atoms. The van der Waals surface area contributed by atoms with Gasteiger partial charge in [0, 0.05) is 46.2 Å². The van der Waals surface area contributed by atoms with Crippen LogP contribution in [0, 0.1) is 0 Å². The Bertz CT molecular complexity index is 554. The average Bonchev–Trinajstić information content (AvgIpc) is 3.14. The summed E-state index contributed by atoms with van der Waals surface area (Å²) in [7, 11) is 3.50. The lowest BCUT2D eigenvalue weighted by molar-refractivity contribution is -0.127. The van der Waals surface area contributed by atoms with Gasteiger partial charge in [-0.05, 0) is 37.9 Å². The number of carbonyl (C=O) groups is 1. The predicted molar refractivity (Wildman–Crippen MR) is 120 cm³/mol. The van der Waals surface area contributed by atoms with Crippen molar-refractivity contribution in [3.05, 3.63) is 24.2 Å². The summed E-state index contributed by atoms with van der Waals surface area (Å²) in [4.78, 5) is 20.4. The topological polar surface area (TPSA) is 73.1 Å². The SMILES string of the molecule is CCCN1CCC(NC(=NCC(=O)N(C)C)NCCc2ccco2)CC1.I. The van der Waals surface area contributed by atoms with Crippen molar-refractivity contribution in [1.29, 1.82) is 0 Å². The average molecular weight is 491 g/mol. The third-order valence-electron chi connectivity index (χ3n) is 4.58. The maximum Gasteiger partial charge on any atom is 0.243 e. The zero-order chi connectivity index (χ0) is 18.8. The van der Waals surface area contributed by atoms with Crippen LogP contribution >= 0.6 is 24.0 Å². The summed E-state index contributed by atoms with van der Waals surface area (Å²) in [5.74, 6) is 1.64. The molecule has 0 radical (unpaired) electrons. The number of guanidine groups is 1. The van der Waals surface area contributed by atoms with Crippen molar-refractivity contribution in [1.82, 2.24) is 20.4 Å². The van der Waals surface area contributed by atoms with Gasteiger partial charge in [0.05, 0.1) is 6.26 Å². The summed E-state index contributed by atoms with van der Waals surface area (Å²) in [6.07, 6.45) is 5.86. The van der Waals surface area contributed by atoms with Crippen LogP contribution in [0.5, 0.6) is 0 Å². The second-order valence-electron chi connectivity index (χ2n) is 6.97. The number of carbonyl (C=O) groups excluding carboxylic acids is 1. The van der Waals surface area contributed by atoms with Gasteiger partial charge in [0.25, 0.3) is 0 Å². The van der Waals surface area contributed by atoms with Crippen LogP contribution in [0.25, 0.3) is 0 Å². The van der Waals surface area contributed by atoms with E-state index in [-0.39, 0.29) is 36.4 Å². The van der Waals surface area contributed by atoms with Crippen LogP contribution in [-0.4, -0.2) is 74.5 Å². The van der Waals surface area contributed by atoms with E-state index in [0.717, 1.165) is 38.1 Å². The van der Waals surface area contributed by atoms with Gasteiger partial charge in [0.15, 0.2) is 5.96 Å². The lowest BCUT2D eigenvalue weighted by atomic mass is 10.1. The van der Waals surface area contributed by atoms with Gasteiger partial charge >= 0.3 is 0 Å². The summed E-state index contributed by atoms with van der Waals surface area (Å²) >= 11 is 0. The first-order chi connectivity index (χ1) is 12.6. The Hall–Kier alpha value is -1.29. The van der Waals surface area contributed by atoms with E-state index in [1.54, 1.807) is 25.3 Å². The molecule has 0 aromatic carbocycles. The van der Waals surface area contributed by atoms with E-state index in [1.807, 2.05) is 12.1 Å². The second kappa shape index (κ2) is 13.0. The Kier molecular flexibility index (Phi) is 11.4. The lowest BCUT2D eigenvalue weighted by Gasteiger charge is -2.32. The van der Waals surface area contributed by atoms with Crippen molar-refractivity contribution in [2.45, 2.75) is 38.6 Å². The maximum atomic E-state index is 11.9. The molecule has 7 nitrogen and oxygen atoms in total. The van der Waals surface area contributed by atoms with Crippen molar-refractivity contribution < 1.29 is 9.21 Å². The predicted octanol–water partition coefficient (Wildman–Crippen LogP) is 1.94. The highest BCUT2D eigenvalue weighted by atomic mass is 127. The van der Waals surface area contributed by atoms with E-state index < -0.39 is 0 Å². The van der Waals surface area contributed by atoms with E-state index in [4.69, 9.17) is 4.42 Å². The molecule has 0 spiro atoms. The summed E-state index contributed by atoms with van der Waals surface area (Å²) < 4.78 is 5.36. The molecule has 1 amide bonds. The number of halogens is 1. The minimum Gasteiger partial charge on any atom is -0.469 e. The molecule has 0 aliphatic carbocycles. The van der Waals surface area contributed by atoms with E-state index in [9.17, 15) is 4.79 Å². The highest BCUT2D eigenvalue weighted by molar-refractivity contribution is 14.0. The molecule has 1 aliphatic heterocycles. The fraction of sp³-hybridized carbons (Fsp3) is 0.684. The number of hydrogen-bond donors (Lipinski definition) is 2. The summed E-state index contributed by atoms with van der Waals surface area (Å²) in [6, 6.07) is 4.25. The minimum absolute atomic E-state index is 0. The Morgan fingerprint density at radius 1 is 1.37 bits per heavy atom. The number of rotatable bonds is 8. The smallest absolute Gasteiger partial charge is 0.243 e. The van der Waals surface area contributed by atoms with Crippen molar-refractivity contribution in [3.63, 3.8) is 0 Å². The summed E-state index contributed by atoms with van der Waals surface area (Å²) in [5.41, 5.74) is 0. The fourth-order valence-electron chi connectivity index (χ4n) is 3.01. The van der Waals surface area contributed by atoms with Crippen molar-refractivity contribution >= 4 is 35.8 Å². The molecule has 0 saturated carbocycles. The number of amides is 1. The fourth-order valence-corrected chi connectivity index (χ4v) is 3.01. The van der Waals surface area contributed by atoms with Crippen LogP contribution < -0.4 is 10.6 Å². The largest absolute Gasteiger partial charge is 0.469 e. The number of likely N-dealkylation sites (N-methyl/N-ethyl adjacent to an activating group) is 1. The van der Waals surface area contributed by atoms with E-state index in [2.05, 4.69) is 27.4 Å². The highest BCUT2D eigenvalue weighted by Crippen LogP contribution is 2.10. The van der Waals surface area contributed by atoms with Crippen LogP contribution in [0.1, 0.15) is 31.9 Å². The number of piperidine rings is 1. The van der Waals surface area contributed by atoms with Crippen molar-refractivity contribution in [2.75, 3.05) is 46.8 Å². The lowest BCUT2D eigenvalue weighted by Crippen LogP contribution is -2.49. The molecule has 8 heteroatoms. The minimum atomic E-state index is -0.00472. The molecule has 2 heterocycles. The number of aliphatic imine (C=N–C) groups is 1. The van der Waals surface area contributed by atoms with Crippen LogP contribution in [0.2, 0.25) is 0 Å². The van der Waals surface area contributed by atoms with Crippen LogP contribution in [-0.2, 0) is 11.2 Å². The van der Waals surface area contributed by atoms with Crippen LogP contribution in [0.3, 0.4) is 0 Å². The maximum absolute atomic E-state index is 11.9. The molecular formula is C19H34IN5O2. The molecule has 0 atom stereocenters. The van der Waals surface area contributed by atoms with Gasteiger partial charge in [-0.15, -0.1) is 24.0 Å². The Balaban J connectivity index is 0.00000364. The normalized spacial score (nSPS) is 15.9. The Morgan fingerprint density at radius 2 is 2.11 bits per heavy atom. The summed E-state index contributed by atoms with van der Waals surface area (Å²) in [5, 5.41) is 6.83. The Morgan fingerprint density at radius 3 is 2.70 bits per heavy atom. The van der Waals surface area contributed by atoms with Crippen molar-refractivity contribution in [3.8, 4) is 0 Å². The molecule has 1 aliphatic rings. The van der Waals surface area contributed by atoms with Crippen LogP contribution in [0.4, 0.5) is 0 Å². The van der Waals surface area contributed by atoms with E-state index in [0.29, 0.717) is 18.5 Å². The first kappa shape index (κ1) is 23.7. The highest BCUT2D eigenvalue weighted by Gasteiger charge is 2.19. The molecule has 2 N–H and O–H groups in total. The van der Waals surface area contributed by atoms with Gasteiger partial charge in [-0.1, -0.05) is 6.92 Å². The number of nitrogens with one attached hydrogen (secondary N) is 2. The standard InChI is InChI=1S/C19H33N5O2.HI/c1-4-11-24-12-8-16(9-13-24)22-19(21-15-18(25)23(2)3)20-10-7-17-6-5-14-26-17;/h5-6,14,16H,4,7-13,15H2,1-3H3,(H2,20,21,22);1H. The quantitative estimate of drug-likeness (QED) is 0.331. The first-order valence-electron chi connectivity index (χ1n) is 9.58. The molecular weight excluding hydrogens is 457 g/mol. The number of nitrogens with zero attached hydrogens (tertiary/aromatic N) is 3. The molecule has 0 unspecified atom stereocenters. The summed E-state index contributed by atoms with van der Waals surface area (Å²) in [6.45, 7) is 6.48.